The van der Waals surface area contributed by atoms with Crippen molar-refractivity contribution < 1.29 is 14.3 Å². The maximum atomic E-state index is 12.0. The maximum absolute atomic E-state index is 12.0. The predicted octanol–water partition coefficient (Wildman–Crippen LogP) is 4.18. The van der Waals surface area contributed by atoms with Crippen LogP contribution in [0.1, 0.15) is 24.6 Å². The lowest BCUT2D eigenvalue weighted by Crippen LogP contribution is -2.32. The maximum Gasteiger partial charge on any atom is 0.331 e. The first-order chi connectivity index (χ1) is 13.1. The number of ether oxygens (including phenoxy) is 1. The highest BCUT2D eigenvalue weighted by atomic mass is 32.1. The smallest absolute Gasteiger partial charge is 0.331 e. The number of amides is 1. The molecule has 1 aromatic heterocycles. The largest absolute Gasteiger partial charge is 0.452 e. The normalized spacial score (nSPS) is 15.1. The highest BCUT2D eigenvalue weighted by molar-refractivity contribution is 7.10. The minimum Gasteiger partial charge on any atom is -0.452 e. The van der Waals surface area contributed by atoms with Gasteiger partial charge in [-0.2, -0.15) is 0 Å². The van der Waals surface area contributed by atoms with E-state index in [0.29, 0.717) is 5.69 Å². The molecule has 2 aromatic rings. The summed E-state index contributed by atoms with van der Waals surface area (Å²) in [5, 5.41) is 4.67. The van der Waals surface area contributed by atoms with Crippen LogP contribution in [0.2, 0.25) is 0 Å². The van der Waals surface area contributed by atoms with Crippen molar-refractivity contribution in [1.82, 2.24) is 0 Å². The number of hydrogen-bond donors (Lipinski definition) is 1. The van der Waals surface area contributed by atoms with Gasteiger partial charge in [-0.1, -0.05) is 13.0 Å². The summed E-state index contributed by atoms with van der Waals surface area (Å²) in [6, 6.07) is 11.6. The fourth-order valence-electron chi connectivity index (χ4n) is 2.94. The van der Waals surface area contributed by atoms with Crippen molar-refractivity contribution in [2.75, 3.05) is 29.9 Å². The first-order valence-corrected chi connectivity index (χ1v) is 10.0. The Morgan fingerprint density at radius 3 is 2.63 bits per heavy atom. The van der Waals surface area contributed by atoms with Gasteiger partial charge in [0.15, 0.2) is 6.61 Å². The third-order valence-electron chi connectivity index (χ3n) is 4.57. The Morgan fingerprint density at radius 2 is 1.96 bits per heavy atom. The fraction of sp³-hybridized carbons (Fsp3) is 0.333. The molecule has 1 aliphatic heterocycles. The Balaban J connectivity index is 1.43. The van der Waals surface area contributed by atoms with Gasteiger partial charge in [-0.25, -0.2) is 4.79 Å². The van der Waals surface area contributed by atoms with Gasteiger partial charge < -0.3 is 15.0 Å². The van der Waals surface area contributed by atoms with Crippen LogP contribution in [-0.4, -0.2) is 31.6 Å². The SMILES string of the molecule is CC1CCN(c2ccc(NC(=O)COC(=O)/C=C/c3cccs3)cc2)CC1. The number of anilines is 2. The van der Waals surface area contributed by atoms with E-state index in [1.165, 1.54) is 35.9 Å². The molecule has 0 aliphatic carbocycles. The predicted molar refractivity (Wildman–Crippen MR) is 110 cm³/mol. The minimum atomic E-state index is -0.534. The number of rotatable bonds is 6. The van der Waals surface area contributed by atoms with Gasteiger partial charge >= 0.3 is 5.97 Å². The number of carbonyl (C=O) groups is 2. The van der Waals surface area contributed by atoms with Gasteiger partial charge in [-0.3, -0.25) is 4.79 Å². The van der Waals surface area contributed by atoms with E-state index in [9.17, 15) is 9.59 Å². The summed E-state index contributed by atoms with van der Waals surface area (Å²) in [6.07, 6.45) is 5.42. The van der Waals surface area contributed by atoms with Crippen LogP contribution in [0.15, 0.2) is 47.9 Å². The fourth-order valence-corrected chi connectivity index (χ4v) is 3.56. The molecule has 0 spiro atoms. The highest BCUT2D eigenvalue weighted by Crippen LogP contribution is 2.24. The number of benzene rings is 1. The molecule has 1 saturated heterocycles. The third-order valence-corrected chi connectivity index (χ3v) is 5.41. The third kappa shape index (κ3) is 5.96. The van der Waals surface area contributed by atoms with Gasteiger partial charge in [0.2, 0.25) is 0 Å². The summed E-state index contributed by atoms with van der Waals surface area (Å²) in [5.74, 6) is -0.0941. The molecular weight excluding hydrogens is 360 g/mol. The molecule has 1 aromatic carbocycles. The zero-order chi connectivity index (χ0) is 19.1. The van der Waals surface area contributed by atoms with E-state index in [1.54, 1.807) is 6.08 Å². The monoisotopic (exact) mass is 384 g/mol. The lowest BCUT2D eigenvalue weighted by atomic mass is 9.99. The summed E-state index contributed by atoms with van der Waals surface area (Å²) < 4.78 is 4.96. The summed E-state index contributed by atoms with van der Waals surface area (Å²) >= 11 is 1.53. The molecule has 5 nitrogen and oxygen atoms in total. The van der Waals surface area contributed by atoms with Crippen molar-refractivity contribution >= 4 is 40.7 Å². The van der Waals surface area contributed by atoms with Crippen LogP contribution in [0.4, 0.5) is 11.4 Å². The zero-order valence-corrected chi connectivity index (χ0v) is 16.2. The molecule has 1 amide bonds. The first-order valence-electron chi connectivity index (χ1n) is 9.13. The Morgan fingerprint density at radius 1 is 1.22 bits per heavy atom. The van der Waals surface area contributed by atoms with E-state index in [4.69, 9.17) is 4.74 Å². The molecule has 27 heavy (non-hydrogen) atoms. The molecule has 0 bridgehead atoms. The Bertz CT molecular complexity index is 776. The van der Waals surface area contributed by atoms with Crippen molar-refractivity contribution in [1.29, 1.82) is 0 Å². The van der Waals surface area contributed by atoms with E-state index in [-0.39, 0.29) is 12.5 Å². The molecule has 1 fully saturated rings. The first kappa shape index (κ1) is 19.2. The van der Waals surface area contributed by atoms with Crippen molar-refractivity contribution in [3.05, 3.63) is 52.7 Å². The number of nitrogens with one attached hydrogen (secondary N) is 1. The van der Waals surface area contributed by atoms with Crippen molar-refractivity contribution in [3.8, 4) is 0 Å². The average Bonchev–Trinajstić information content (AvgIpc) is 3.20. The van der Waals surface area contributed by atoms with E-state index < -0.39 is 5.97 Å². The van der Waals surface area contributed by atoms with Gasteiger partial charge in [0.25, 0.3) is 5.91 Å². The van der Waals surface area contributed by atoms with Gasteiger partial charge in [0, 0.05) is 35.4 Å². The number of hydrogen-bond acceptors (Lipinski definition) is 5. The van der Waals surface area contributed by atoms with Crippen LogP contribution in [0.5, 0.6) is 0 Å². The number of carbonyl (C=O) groups excluding carboxylic acids is 2. The van der Waals surface area contributed by atoms with Crippen LogP contribution in [0.25, 0.3) is 6.08 Å². The van der Waals surface area contributed by atoms with Crippen molar-refractivity contribution in [2.45, 2.75) is 19.8 Å². The van der Waals surface area contributed by atoms with Crippen LogP contribution in [-0.2, 0) is 14.3 Å². The van der Waals surface area contributed by atoms with Crippen LogP contribution in [0, 0.1) is 5.92 Å². The molecule has 0 unspecified atom stereocenters. The standard InChI is InChI=1S/C21H24N2O3S/c1-16-10-12-23(13-11-16)18-6-4-17(5-7-18)22-20(24)15-26-21(25)9-8-19-3-2-14-27-19/h2-9,14,16H,10-13,15H2,1H3,(H,22,24)/b9-8+. The van der Waals surface area contributed by atoms with E-state index in [1.807, 2.05) is 41.8 Å². The van der Waals surface area contributed by atoms with Crippen LogP contribution < -0.4 is 10.2 Å². The molecule has 1 N–H and O–H groups in total. The van der Waals surface area contributed by atoms with E-state index in [0.717, 1.165) is 23.9 Å². The summed E-state index contributed by atoms with van der Waals surface area (Å²) in [7, 11) is 0. The molecule has 2 heterocycles. The second-order valence-corrected chi connectivity index (χ2v) is 7.70. The second kappa shape index (κ2) is 9.37. The number of nitrogens with zero attached hydrogens (tertiary/aromatic N) is 1. The molecule has 0 saturated carbocycles. The lowest BCUT2D eigenvalue weighted by Gasteiger charge is -2.32. The second-order valence-electron chi connectivity index (χ2n) is 6.72. The zero-order valence-electron chi connectivity index (χ0n) is 15.4. The molecule has 0 radical (unpaired) electrons. The topological polar surface area (TPSA) is 58.6 Å². The van der Waals surface area contributed by atoms with Gasteiger partial charge in [0.1, 0.15) is 0 Å². The minimum absolute atomic E-state index is 0.306. The number of thiophene rings is 1. The summed E-state index contributed by atoms with van der Waals surface area (Å²) in [4.78, 5) is 26.9. The van der Waals surface area contributed by atoms with Crippen LogP contribution >= 0.6 is 11.3 Å². The molecule has 3 rings (SSSR count). The summed E-state index contributed by atoms with van der Waals surface area (Å²) in [5.41, 5.74) is 1.87. The lowest BCUT2D eigenvalue weighted by molar-refractivity contribution is -0.142. The van der Waals surface area contributed by atoms with Crippen molar-refractivity contribution in [3.63, 3.8) is 0 Å². The number of piperidine rings is 1. The average molecular weight is 385 g/mol. The molecule has 6 heteroatoms. The van der Waals surface area contributed by atoms with Gasteiger partial charge in [-0.15, -0.1) is 11.3 Å². The van der Waals surface area contributed by atoms with E-state index in [2.05, 4.69) is 17.1 Å². The summed E-state index contributed by atoms with van der Waals surface area (Å²) in [6.45, 7) is 4.13. The molecule has 0 atom stereocenters. The molecule has 1 aliphatic rings. The Kier molecular flexibility index (Phi) is 6.65. The van der Waals surface area contributed by atoms with Crippen molar-refractivity contribution in [2.24, 2.45) is 5.92 Å². The van der Waals surface area contributed by atoms with Gasteiger partial charge in [-0.05, 0) is 60.5 Å². The Hall–Kier alpha value is -2.60. The van der Waals surface area contributed by atoms with Gasteiger partial charge in [0.05, 0.1) is 0 Å². The van der Waals surface area contributed by atoms with Crippen LogP contribution in [0.3, 0.4) is 0 Å². The quantitative estimate of drug-likeness (QED) is 0.600. The Labute approximate surface area is 163 Å². The van der Waals surface area contributed by atoms with E-state index >= 15 is 0 Å². The molecule has 142 valence electrons. The molecular formula is C21H24N2O3S. The number of esters is 1. The highest BCUT2D eigenvalue weighted by Gasteiger charge is 2.16.